The number of nitrogens with zero attached hydrogens (tertiary/aromatic N) is 3. The van der Waals surface area contributed by atoms with Crippen molar-refractivity contribution < 1.29 is 13.9 Å². The van der Waals surface area contributed by atoms with Crippen LogP contribution in [0.3, 0.4) is 0 Å². The van der Waals surface area contributed by atoms with Gasteiger partial charge in [-0.3, -0.25) is 9.36 Å². The number of halogens is 1. The molecule has 33 heavy (non-hydrogen) atoms. The third kappa shape index (κ3) is 4.30. The second-order valence-electron chi connectivity index (χ2n) is 10.2. The summed E-state index contributed by atoms with van der Waals surface area (Å²) in [5.74, 6) is 5.32. The van der Waals surface area contributed by atoms with Gasteiger partial charge in [-0.05, 0) is 65.9 Å². The van der Waals surface area contributed by atoms with E-state index in [-0.39, 0.29) is 29.0 Å². The zero-order valence-electron chi connectivity index (χ0n) is 19.8. The average molecular weight is 462 g/mol. The van der Waals surface area contributed by atoms with Crippen molar-refractivity contribution in [1.29, 1.82) is 0 Å². The van der Waals surface area contributed by atoms with E-state index in [9.17, 15) is 14.4 Å². The number of benzene rings is 1. The van der Waals surface area contributed by atoms with Crippen LogP contribution < -0.4 is 27.3 Å². The molecule has 10 heteroatoms. The number of rotatable bonds is 4. The smallest absolute Gasteiger partial charge is 0.407 e. The quantitative estimate of drug-likeness (QED) is 0.677. The maximum absolute atomic E-state index is 15.5. The van der Waals surface area contributed by atoms with E-state index in [2.05, 4.69) is 5.32 Å². The number of amides is 1. The lowest BCUT2D eigenvalue weighted by molar-refractivity contribution is 0.0494. The minimum absolute atomic E-state index is 0.0301. The molecule has 4 rings (SSSR count). The predicted molar refractivity (Wildman–Crippen MR) is 125 cm³/mol. The zero-order chi connectivity index (χ0) is 24.2. The fourth-order valence-corrected chi connectivity index (χ4v) is 4.59. The first kappa shape index (κ1) is 23.1. The second-order valence-corrected chi connectivity index (χ2v) is 10.2. The summed E-state index contributed by atoms with van der Waals surface area (Å²) in [6, 6.07) is 1.41. The van der Waals surface area contributed by atoms with Gasteiger partial charge in [-0.2, -0.15) is 4.68 Å². The van der Waals surface area contributed by atoms with Gasteiger partial charge in [-0.1, -0.05) is 0 Å². The highest BCUT2D eigenvalue weighted by Gasteiger charge is 2.33. The van der Waals surface area contributed by atoms with E-state index >= 15 is 4.39 Å². The zero-order valence-corrected chi connectivity index (χ0v) is 19.8. The maximum Gasteiger partial charge on any atom is 0.407 e. The summed E-state index contributed by atoms with van der Waals surface area (Å²) in [5.41, 5.74) is -0.895. The number of fused-ring (bicyclic) bond motifs is 1. The van der Waals surface area contributed by atoms with Crippen LogP contribution in [0.2, 0.25) is 0 Å². The van der Waals surface area contributed by atoms with Gasteiger partial charge in [0.15, 0.2) is 0 Å². The lowest BCUT2D eigenvalue weighted by atomic mass is 10.0. The van der Waals surface area contributed by atoms with Crippen LogP contribution in [-0.4, -0.2) is 40.1 Å². The Morgan fingerprint density at radius 1 is 1.27 bits per heavy atom. The van der Waals surface area contributed by atoms with Gasteiger partial charge in [-0.15, -0.1) is 0 Å². The number of ether oxygens (including phenoxy) is 1. The summed E-state index contributed by atoms with van der Waals surface area (Å²) in [7, 11) is 0. The molecule has 1 saturated carbocycles. The van der Waals surface area contributed by atoms with Crippen LogP contribution in [0.5, 0.6) is 0 Å². The van der Waals surface area contributed by atoms with Crippen molar-refractivity contribution in [1.82, 2.24) is 14.6 Å². The molecule has 2 atom stereocenters. The summed E-state index contributed by atoms with van der Waals surface area (Å²) in [6.45, 7) is 9.99. The van der Waals surface area contributed by atoms with Gasteiger partial charge in [-0.25, -0.2) is 14.0 Å². The highest BCUT2D eigenvalue weighted by Crippen LogP contribution is 2.38. The molecular formula is C23H32FN5O4. The molecule has 2 aliphatic rings. The first-order chi connectivity index (χ1) is 15.4. The van der Waals surface area contributed by atoms with Crippen LogP contribution in [0, 0.1) is 18.7 Å². The van der Waals surface area contributed by atoms with Gasteiger partial charge in [0.2, 0.25) is 0 Å². The number of hydrogen-bond acceptors (Lipinski definition) is 6. The first-order valence-electron chi connectivity index (χ1n) is 11.4. The van der Waals surface area contributed by atoms with Crippen LogP contribution in [0.4, 0.5) is 14.9 Å². The Balaban J connectivity index is 1.64. The number of alkyl carbamates (subject to hydrolysis) is 1. The fraction of sp³-hybridized carbons (Fsp3) is 0.609. The van der Waals surface area contributed by atoms with Crippen molar-refractivity contribution in [2.75, 3.05) is 23.8 Å². The molecule has 180 valence electrons. The molecule has 2 fully saturated rings. The Morgan fingerprint density at radius 3 is 2.55 bits per heavy atom. The lowest BCUT2D eigenvalue weighted by Crippen LogP contribution is -2.45. The van der Waals surface area contributed by atoms with E-state index in [1.165, 1.54) is 4.57 Å². The van der Waals surface area contributed by atoms with Crippen molar-refractivity contribution in [3.63, 3.8) is 0 Å². The second kappa shape index (κ2) is 8.07. The van der Waals surface area contributed by atoms with Gasteiger partial charge in [0.05, 0.1) is 16.6 Å². The Hall–Kier alpha value is -3.04. The molecule has 0 bridgehead atoms. The highest BCUT2D eigenvalue weighted by molar-refractivity contribution is 5.86. The van der Waals surface area contributed by atoms with Crippen molar-refractivity contribution in [3.8, 4) is 0 Å². The van der Waals surface area contributed by atoms with E-state index in [0.29, 0.717) is 29.0 Å². The van der Waals surface area contributed by atoms with Crippen molar-refractivity contribution in [2.45, 2.75) is 71.6 Å². The largest absolute Gasteiger partial charge is 0.444 e. The summed E-state index contributed by atoms with van der Waals surface area (Å²) >= 11 is 0. The van der Waals surface area contributed by atoms with Crippen LogP contribution in [0.25, 0.3) is 10.9 Å². The predicted octanol–water partition coefficient (Wildman–Crippen LogP) is 2.40. The number of carbonyl (C=O) groups is 1. The van der Waals surface area contributed by atoms with Crippen molar-refractivity contribution in [2.24, 2.45) is 5.92 Å². The Bertz CT molecular complexity index is 1220. The fourth-order valence-electron chi connectivity index (χ4n) is 4.59. The summed E-state index contributed by atoms with van der Waals surface area (Å²) < 4.78 is 22.9. The number of aromatic nitrogens is 2. The van der Waals surface area contributed by atoms with Crippen LogP contribution in [-0.2, 0) is 4.74 Å². The molecular weight excluding hydrogens is 429 g/mol. The van der Waals surface area contributed by atoms with Gasteiger partial charge in [0.1, 0.15) is 11.4 Å². The molecule has 1 aliphatic heterocycles. The monoisotopic (exact) mass is 461 g/mol. The summed E-state index contributed by atoms with van der Waals surface area (Å²) in [5, 5.41) is 3.01. The van der Waals surface area contributed by atoms with E-state index in [0.717, 1.165) is 19.3 Å². The molecule has 2 aromatic rings. The number of nitrogens with one attached hydrogen (secondary N) is 1. The number of aryl methyl sites for hydroxylation is 1. The maximum atomic E-state index is 15.5. The summed E-state index contributed by atoms with van der Waals surface area (Å²) in [6.07, 6.45) is 1.91. The van der Waals surface area contributed by atoms with Crippen molar-refractivity contribution >= 4 is 22.7 Å². The molecule has 1 aromatic carbocycles. The Kier molecular flexibility index (Phi) is 5.66. The van der Waals surface area contributed by atoms with Gasteiger partial charge in [0, 0.05) is 30.7 Å². The molecule has 1 aliphatic carbocycles. The third-order valence-electron chi connectivity index (χ3n) is 6.49. The standard InChI is InChI=1S/C23H32FN5O4/c1-12-18-16(28(15-6-7-15)22(32)29(25)20(18)30)10-17(19(12)24)27-9-8-14(11-27)13(2)26-21(31)33-23(3,4)5/h10,13-15H,6-9,11,25H2,1-5H3,(H,26,31)/t13-,14?/m0/s1. The van der Waals surface area contributed by atoms with Crippen LogP contribution in [0.1, 0.15) is 58.6 Å². The minimum Gasteiger partial charge on any atom is -0.444 e. The summed E-state index contributed by atoms with van der Waals surface area (Å²) in [4.78, 5) is 39.4. The number of carbonyl (C=O) groups excluding carboxylic acids is 1. The highest BCUT2D eigenvalue weighted by atomic mass is 19.1. The van der Waals surface area contributed by atoms with Gasteiger partial charge >= 0.3 is 11.8 Å². The number of hydrogen-bond donors (Lipinski definition) is 2. The normalized spacial score (nSPS) is 19.7. The minimum atomic E-state index is -0.690. The number of anilines is 1. The lowest BCUT2D eigenvalue weighted by Gasteiger charge is -2.26. The number of nitrogen functional groups attached to an aromatic ring is 1. The van der Waals surface area contributed by atoms with Gasteiger partial charge in [0.25, 0.3) is 5.56 Å². The molecule has 1 unspecified atom stereocenters. The Morgan fingerprint density at radius 2 is 1.94 bits per heavy atom. The third-order valence-corrected chi connectivity index (χ3v) is 6.49. The van der Waals surface area contributed by atoms with Gasteiger partial charge < -0.3 is 20.8 Å². The van der Waals surface area contributed by atoms with Crippen LogP contribution in [0.15, 0.2) is 15.7 Å². The van der Waals surface area contributed by atoms with Crippen molar-refractivity contribution in [3.05, 3.63) is 38.3 Å². The first-order valence-corrected chi connectivity index (χ1v) is 11.4. The topological polar surface area (TPSA) is 112 Å². The molecule has 3 N–H and O–H groups in total. The Labute approximate surface area is 191 Å². The molecule has 0 spiro atoms. The van der Waals surface area contributed by atoms with E-state index in [1.54, 1.807) is 33.8 Å². The number of nitrogens with two attached hydrogens (primary N) is 1. The molecule has 2 heterocycles. The molecule has 1 saturated heterocycles. The van der Waals surface area contributed by atoms with Crippen LogP contribution >= 0.6 is 0 Å². The molecule has 1 aromatic heterocycles. The molecule has 9 nitrogen and oxygen atoms in total. The van der Waals surface area contributed by atoms with E-state index in [4.69, 9.17) is 10.6 Å². The van der Waals surface area contributed by atoms with E-state index < -0.39 is 28.8 Å². The SMILES string of the molecule is Cc1c(F)c(N2CCC([C@H](C)NC(=O)OC(C)(C)C)C2)cc2c1c(=O)n(N)c(=O)n2C1CC1. The van der Waals surface area contributed by atoms with E-state index in [1.807, 2.05) is 11.8 Å². The molecule has 0 radical (unpaired) electrons. The molecule has 1 amide bonds. The average Bonchev–Trinajstić information content (AvgIpc) is 3.42.